The molecule has 0 aliphatic heterocycles. The van der Waals surface area contributed by atoms with Gasteiger partial charge in [0.1, 0.15) is 5.82 Å². The van der Waals surface area contributed by atoms with Crippen LogP contribution in [0.1, 0.15) is 40.5 Å². The van der Waals surface area contributed by atoms with Gasteiger partial charge in [0, 0.05) is 24.2 Å². The summed E-state index contributed by atoms with van der Waals surface area (Å²) in [6, 6.07) is 23.5. The first-order valence-electron chi connectivity index (χ1n) is 12.9. The summed E-state index contributed by atoms with van der Waals surface area (Å²) in [5, 5.41) is 8.52. The molecule has 1 amide bonds. The summed E-state index contributed by atoms with van der Waals surface area (Å²) < 4.78 is 30.8. The minimum Gasteiger partial charge on any atom is -0.306 e. The topological polar surface area (TPSA) is 97.2 Å². The van der Waals surface area contributed by atoms with Gasteiger partial charge in [-0.25, -0.2) is 13.4 Å². The summed E-state index contributed by atoms with van der Waals surface area (Å²) in [6.45, 7) is 2.43. The SMILES string of the molecule is CCN(Cc1ccccc1)S(=O)(=O)c1ccc(C(=O)Nc2c3c(nn2-c2nc4ccccc4s2)CCC3)cc1. The predicted molar refractivity (Wildman–Crippen MR) is 153 cm³/mol. The van der Waals surface area contributed by atoms with Crippen molar-refractivity contribution in [3.8, 4) is 5.13 Å². The molecule has 1 N–H and O–H groups in total. The van der Waals surface area contributed by atoms with E-state index in [1.807, 2.05) is 61.5 Å². The number of amides is 1. The van der Waals surface area contributed by atoms with Crippen molar-refractivity contribution in [3.63, 3.8) is 0 Å². The van der Waals surface area contributed by atoms with Gasteiger partial charge in [0.15, 0.2) is 0 Å². The van der Waals surface area contributed by atoms with Gasteiger partial charge in [0.05, 0.1) is 20.8 Å². The fourth-order valence-corrected chi connectivity index (χ4v) is 7.23. The average molecular weight is 558 g/mol. The molecule has 1 aliphatic rings. The number of thiazole rings is 1. The van der Waals surface area contributed by atoms with E-state index < -0.39 is 10.0 Å². The van der Waals surface area contributed by atoms with Crippen LogP contribution in [-0.4, -0.2) is 39.9 Å². The Morgan fingerprint density at radius 2 is 1.74 bits per heavy atom. The number of hydrogen-bond acceptors (Lipinski definition) is 6. The van der Waals surface area contributed by atoms with E-state index >= 15 is 0 Å². The number of rotatable bonds is 8. The number of nitrogens with zero attached hydrogens (tertiary/aromatic N) is 4. The number of para-hydroxylation sites is 1. The zero-order valence-electron chi connectivity index (χ0n) is 21.4. The van der Waals surface area contributed by atoms with Crippen LogP contribution in [0.2, 0.25) is 0 Å². The Morgan fingerprint density at radius 3 is 2.49 bits per heavy atom. The van der Waals surface area contributed by atoms with E-state index in [4.69, 9.17) is 10.1 Å². The van der Waals surface area contributed by atoms with Crippen LogP contribution in [0.5, 0.6) is 0 Å². The molecule has 0 unspecified atom stereocenters. The second kappa shape index (κ2) is 10.4. The van der Waals surface area contributed by atoms with E-state index in [1.165, 1.54) is 27.8 Å². The molecule has 3 aromatic carbocycles. The Hall–Kier alpha value is -3.86. The summed E-state index contributed by atoms with van der Waals surface area (Å²) in [5.74, 6) is 0.302. The highest BCUT2D eigenvalue weighted by molar-refractivity contribution is 7.89. The van der Waals surface area contributed by atoms with Crippen LogP contribution in [0.3, 0.4) is 0 Å². The summed E-state index contributed by atoms with van der Waals surface area (Å²) in [4.78, 5) is 18.2. The maximum atomic E-state index is 13.3. The smallest absolute Gasteiger partial charge is 0.256 e. The minimum absolute atomic E-state index is 0.150. The molecule has 10 heteroatoms. The first-order chi connectivity index (χ1) is 18.9. The van der Waals surface area contributed by atoms with E-state index in [1.54, 1.807) is 16.8 Å². The maximum Gasteiger partial charge on any atom is 0.256 e. The molecule has 5 aromatic rings. The number of hydrogen-bond donors (Lipinski definition) is 1. The molecule has 0 fully saturated rings. The lowest BCUT2D eigenvalue weighted by Crippen LogP contribution is -2.30. The van der Waals surface area contributed by atoms with Crippen molar-refractivity contribution in [1.29, 1.82) is 0 Å². The van der Waals surface area contributed by atoms with Gasteiger partial charge in [-0.2, -0.15) is 14.1 Å². The zero-order chi connectivity index (χ0) is 27.0. The Morgan fingerprint density at radius 1 is 1.00 bits per heavy atom. The van der Waals surface area contributed by atoms with Crippen molar-refractivity contribution in [2.45, 2.75) is 37.6 Å². The molecule has 0 saturated carbocycles. The largest absolute Gasteiger partial charge is 0.306 e. The standard InChI is InChI=1S/C29H27N5O3S2/c1-2-33(19-20-9-4-3-5-10-20)39(36,37)22-17-15-21(16-18-22)28(35)31-27-23-11-8-13-24(23)32-34(27)29-30-25-12-6-7-14-26(25)38-29/h3-7,9-10,12,14-18H,2,8,11,13,19H2,1H3,(H,31,35). The molecule has 39 heavy (non-hydrogen) atoms. The molecule has 0 saturated heterocycles. The highest BCUT2D eigenvalue weighted by Gasteiger charge is 2.27. The number of nitrogens with one attached hydrogen (secondary N) is 1. The number of anilines is 1. The molecule has 2 heterocycles. The summed E-state index contributed by atoms with van der Waals surface area (Å²) in [5.41, 5.74) is 4.17. The van der Waals surface area contributed by atoms with Crippen LogP contribution >= 0.6 is 11.3 Å². The van der Waals surface area contributed by atoms with Crippen molar-refractivity contribution in [1.82, 2.24) is 19.1 Å². The monoisotopic (exact) mass is 557 g/mol. The highest BCUT2D eigenvalue weighted by atomic mass is 32.2. The first kappa shape index (κ1) is 25.4. The molecule has 8 nitrogen and oxygen atoms in total. The average Bonchev–Trinajstić information content (AvgIpc) is 3.68. The van der Waals surface area contributed by atoms with Crippen LogP contribution in [0.15, 0.2) is 83.8 Å². The Bertz CT molecular complexity index is 1730. The fraction of sp³-hybridized carbons (Fsp3) is 0.207. The molecule has 2 aromatic heterocycles. The Labute approximate surface area is 231 Å². The van der Waals surface area contributed by atoms with E-state index in [2.05, 4.69) is 5.32 Å². The van der Waals surface area contributed by atoms with Gasteiger partial charge in [-0.3, -0.25) is 4.79 Å². The zero-order valence-corrected chi connectivity index (χ0v) is 23.0. The minimum atomic E-state index is -3.72. The predicted octanol–water partition coefficient (Wildman–Crippen LogP) is 5.43. The van der Waals surface area contributed by atoms with Crippen LogP contribution in [0.25, 0.3) is 15.3 Å². The van der Waals surface area contributed by atoms with E-state index in [9.17, 15) is 13.2 Å². The maximum absolute atomic E-state index is 13.3. The molecule has 1 aliphatic carbocycles. The lowest BCUT2D eigenvalue weighted by atomic mass is 10.2. The summed E-state index contributed by atoms with van der Waals surface area (Å²) in [7, 11) is -3.72. The Kier molecular flexibility index (Phi) is 6.76. The number of fused-ring (bicyclic) bond motifs is 2. The highest BCUT2D eigenvalue weighted by Crippen LogP contribution is 2.34. The summed E-state index contributed by atoms with van der Waals surface area (Å²) >= 11 is 1.52. The number of aromatic nitrogens is 3. The fourth-order valence-electron chi connectivity index (χ4n) is 4.87. The van der Waals surface area contributed by atoms with Gasteiger partial charge < -0.3 is 5.32 Å². The van der Waals surface area contributed by atoms with Gasteiger partial charge >= 0.3 is 0 Å². The third-order valence-corrected chi connectivity index (χ3v) is 9.86. The number of carbonyl (C=O) groups excluding carboxylic acids is 1. The third kappa shape index (κ3) is 4.87. The molecule has 0 spiro atoms. The normalized spacial score (nSPS) is 13.2. The quantitative estimate of drug-likeness (QED) is 0.274. The van der Waals surface area contributed by atoms with Gasteiger partial charge in [0.25, 0.3) is 5.91 Å². The van der Waals surface area contributed by atoms with Gasteiger partial charge in [0.2, 0.25) is 15.2 Å². The molecular weight excluding hydrogens is 530 g/mol. The number of aryl methyl sites for hydroxylation is 1. The summed E-state index contributed by atoms with van der Waals surface area (Å²) in [6.07, 6.45) is 2.69. The van der Waals surface area contributed by atoms with Gasteiger partial charge in [-0.05, 0) is 61.2 Å². The lowest BCUT2D eigenvalue weighted by molar-refractivity contribution is 0.102. The van der Waals surface area contributed by atoms with Gasteiger partial charge in [-0.15, -0.1) is 0 Å². The molecule has 6 rings (SSSR count). The molecule has 0 bridgehead atoms. The second-order valence-corrected chi connectivity index (χ2v) is 12.3. The van der Waals surface area contributed by atoms with Crippen molar-refractivity contribution in [2.75, 3.05) is 11.9 Å². The van der Waals surface area contributed by atoms with Crippen molar-refractivity contribution in [3.05, 3.63) is 101 Å². The van der Waals surface area contributed by atoms with Crippen LogP contribution in [-0.2, 0) is 29.4 Å². The molecule has 0 atom stereocenters. The lowest BCUT2D eigenvalue weighted by Gasteiger charge is -2.20. The number of carbonyl (C=O) groups is 1. The molecule has 198 valence electrons. The third-order valence-electron chi connectivity index (χ3n) is 6.91. The van der Waals surface area contributed by atoms with E-state index in [0.717, 1.165) is 46.3 Å². The van der Waals surface area contributed by atoms with Crippen LogP contribution in [0.4, 0.5) is 5.82 Å². The Balaban J connectivity index is 1.25. The number of benzene rings is 3. The second-order valence-electron chi connectivity index (χ2n) is 9.40. The van der Waals surface area contributed by atoms with Crippen molar-refractivity contribution in [2.24, 2.45) is 0 Å². The van der Waals surface area contributed by atoms with Crippen LogP contribution in [0, 0.1) is 0 Å². The van der Waals surface area contributed by atoms with Crippen molar-refractivity contribution >= 4 is 43.3 Å². The van der Waals surface area contributed by atoms with Crippen LogP contribution < -0.4 is 5.32 Å². The van der Waals surface area contributed by atoms with E-state index in [0.29, 0.717) is 23.1 Å². The molecular formula is C29H27N5O3S2. The van der Waals surface area contributed by atoms with Crippen molar-refractivity contribution < 1.29 is 13.2 Å². The molecule has 0 radical (unpaired) electrons. The van der Waals surface area contributed by atoms with Gasteiger partial charge in [-0.1, -0.05) is 60.7 Å². The number of sulfonamides is 1. The van der Waals surface area contributed by atoms with E-state index in [-0.39, 0.29) is 17.3 Å². The first-order valence-corrected chi connectivity index (χ1v) is 15.1.